The van der Waals surface area contributed by atoms with Crippen LogP contribution in [0, 0.1) is 23.2 Å². The van der Waals surface area contributed by atoms with E-state index in [2.05, 4.69) is 19.1 Å². The van der Waals surface area contributed by atoms with Gasteiger partial charge in [0.2, 0.25) is 0 Å². The third kappa shape index (κ3) is 1.05. The molecule has 0 N–H and O–H groups in total. The molecule has 0 radical (unpaired) electrons. The van der Waals surface area contributed by atoms with Crippen LogP contribution in [0.4, 0.5) is 0 Å². The largest absolute Gasteiger partial charge is 0.294 e. The van der Waals surface area contributed by atoms with Gasteiger partial charge in [0.1, 0.15) is 0 Å². The van der Waals surface area contributed by atoms with Crippen LogP contribution < -0.4 is 0 Å². The van der Waals surface area contributed by atoms with E-state index >= 15 is 0 Å². The predicted molar refractivity (Wildman–Crippen MR) is 67.7 cm³/mol. The molecule has 4 aliphatic carbocycles. The number of rotatable bonds is 0. The van der Waals surface area contributed by atoms with Crippen LogP contribution in [0.25, 0.3) is 0 Å². The average Bonchev–Trinajstić information content (AvgIpc) is 2.89. The Bertz CT molecular complexity index is 564. The van der Waals surface area contributed by atoms with E-state index < -0.39 is 0 Å². The Morgan fingerprint density at radius 1 is 1.11 bits per heavy atom. The molecule has 2 heteroatoms. The third-order valence-corrected chi connectivity index (χ3v) is 5.29. The van der Waals surface area contributed by atoms with E-state index in [1.54, 1.807) is 0 Å². The lowest BCUT2D eigenvalue weighted by Crippen LogP contribution is -2.43. The van der Waals surface area contributed by atoms with Crippen LogP contribution in [0.2, 0.25) is 0 Å². The second-order valence-electron chi connectivity index (χ2n) is 6.30. The van der Waals surface area contributed by atoms with Crippen LogP contribution >= 0.6 is 0 Å². The molecule has 0 heterocycles. The molecule has 2 unspecified atom stereocenters. The monoisotopic (exact) mass is 240 g/mol. The number of carbonyl (C=O) groups excluding carboxylic acids is 2. The maximum atomic E-state index is 12.7. The maximum Gasteiger partial charge on any atom is 0.164 e. The van der Waals surface area contributed by atoms with Gasteiger partial charge in [-0.05, 0) is 30.6 Å². The highest BCUT2D eigenvalue weighted by molar-refractivity contribution is 6.15. The molecule has 4 atom stereocenters. The summed E-state index contributed by atoms with van der Waals surface area (Å²) in [6.07, 6.45) is 10.7. The van der Waals surface area contributed by atoms with E-state index in [1.165, 1.54) is 0 Å². The first-order chi connectivity index (χ1) is 8.62. The number of Topliss-reactive ketones (excluding diaryl/α,β-unsaturated/α-hetero) is 2. The highest BCUT2D eigenvalue weighted by Gasteiger charge is 2.60. The highest BCUT2D eigenvalue weighted by Crippen LogP contribution is 2.60. The minimum absolute atomic E-state index is 0.0576. The standard InChI is InChI=1S/C16H16O2/c1-16-7-6-9(8-16)12-13(16)15(18)11-5-3-2-4-10(11)14(12)17/h2-3,6-7,9,12-13H,4-5,8H2,1H3/t9-,12?,13?,16+/m1/s1. The Morgan fingerprint density at radius 3 is 2.50 bits per heavy atom. The number of hydrogen-bond donors (Lipinski definition) is 0. The molecule has 2 nitrogen and oxygen atoms in total. The molecule has 0 aromatic carbocycles. The van der Waals surface area contributed by atoms with Crippen molar-refractivity contribution in [1.29, 1.82) is 0 Å². The van der Waals surface area contributed by atoms with Crippen LogP contribution in [0.15, 0.2) is 35.5 Å². The molecule has 4 rings (SSSR count). The molecule has 0 saturated heterocycles. The van der Waals surface area contributed by atoms with Crippen molar-refractivity contribution in [2.45, 2.75) is 26.2 Å². The van der Waals surface area contributed by atoms with Gasteiger partial charge in [-0.3, -0.25) is 9.59 Å². The Balaban J connectivity index is 1.87. The van der Waals surface area contributed by atoms with Crippen LogP contribution in [-0.2, 0) is 9.59 Å². The van der Waals surface area contributed by atoms with Crippen LogP contribution in [0.3, 0.4) is 0 Å². The maximum absolute atomic E-state index is 12.7. The number of ketones is 2. The van der Waals surface area contributed by atoms with Gasteiger partial charge in [0, 0.05) is 23.0 Å². The van der Waals surface area contributed by atoms with Crippen molar-refractivity contribution >= 4 is 11.6 Å². The van der Waals surface area contributed by atoms with Gasteiger partial charge in [0.05, 0.1) is 0 Å². The summed E-state index contributed by atoms with van der Waals surface area (Å²) in [6.45, 7) is 2.14. The van der Waals surface area contributed by atoms with Gasteiger partial charge in [0.15, 0.2) is 11.6 Å². The molecule has 1 fully saturated rings. The van der Waals surface area contributed by atoms with Gasteiger partial charge < -0.3 is 0 Å². The Kier molecular flexibility index (Phi) is 1.81. The lowest BCUT2D eigenvalue weighted by molar-refractivity contribution is -0.132. The molecule has 1 saturated carbocycles. The Labute approximate surface area is 106 Å². The summed E-state index contributed by atoms with van der Waals surface area (Å²) in [5.74, 6) is 0.685. The van der Waals surface area contributed by atoms with Crippen molar-refractivity contribution in [3.8, 4) is 0 Å². The molecular formula is C16H16O2. The van der Waals surface area contributed by atoms with E-state index in [1.807, 2.05) is 12.2 Å². The van der Waals surface area contributed by atoms with E-state index in [4.69, 9.17) is 0 Å². The fourth-order valence-corrected chi connectivity index (χ4v) is 4.47. The van der Waals surface area contributed by atoms with Gasteiger partial charge in [-0.2, -0.15) is 0 Å². The molecular weight excluding hydrogens is 224 g/mol. The van der Waals surface area contributed by atoms with E-state index in [0.717, 1.165) is 17.6 Å². The summed E-state index contributed by atoms with van der Waals surface area (Å²) < 4.78 is 0. The van der Waals surface area contributed by atoms with Gasteiger partial charge in [0.25, 0.3) is 0 Å². The molecule has 4 aliphatic rings. The molecule has 2 bridgehead atoms. The molecule has 18 heavy (non-hydrogen) atoms. The van der Waals surface area contributed by atoms with Crippen LogP contribution in [-0.4, -0.2) is 11.6 Å². The molecule has 92 valence electrons. The summed E-state index contributed by atoms with van der Waals surface area (Å²) in [5.41, 5.74) is 1.56. The topological polar surface area (TPSA) is 34.1 Å². The first-order valence-corrected chi connectivity index (χ1v) is 6.77. The van der Waals surface area contributed by atoms with Crippen molar-refractivity contribution < 1.29 is 9.59 Å². The molecule has 0 aromatic heterocycles. The first-order valence-electron chi connectivity index (χ1n) is 6.77. The van der Waals surface area contributed by atoms with Crippen molar-refractivity contribution in [3.05, 3.63) is 35.5 Å². The molecule has 0 amide bonds. The van der Waals surface area contributed by atoms with Crippen molar-refractivity contribution in [1.82, 2.24) is 0 Å². The Hall–Kier alpha value is -1.44. The minimum atomic E-state index is -0.0785. The zero-order valence-corrected chi connectivity index (χ0v) is 10.5. The fraction of sp³-hybridized carbons (Fsp3) is 0.500. The molecule has 0 aliphatic heterocycles. The van der Waals surface area contributed by atoms with Gasteiger partial charge in [-0.1, -0.05) is 31.2 Å². The van der Waals surface area contributed by atoms with Crippen LogP contribution in [0.1, 0.15) is 26.2 Å². The van der Waals surface area contributed by atoms with E-state index in [0.29, 0.717) is 18.8 Å². The SMILES string of the molecule is C[C@]12C=C[C@H](C1)C1C(=O)C3=C(CC=CC3)C(=O)C12. The third-order valence-electron chi connectivity index (χ3n) is 5.29. The fourth-order valence-electron chi connectivity index (χ4n) is 4.47. The second kappa shape index (κ2) is 3.11. The number of allylic oxidation sites excluding steroid dienone is 6. The quantitative estimate of drug-likeness (QED) is 0.610. The summed E-state index contributed by atoms with van der Waals surface area (Å²) >= 11 is 0. The van der Waals surface area contributed by atoms with Crippen molar-refractivity contribution in [3.63, 3.8) is 0 Å². The number of hydrogen-bond acceptors (Lipinski definition) is 2. The summed E-state index contributed by atoms with van der Waals surface area (Å²) in [4.78, 5) is 25.3. The highest BCUT2D eigenvalue weighted by atomic mass is 16.1. The first kappa shape index (κ1) is 10.5. The van der Waals surface area contributed by atoms with Gasteiger partial charge in [-0.15, -0.1) is 0 Å². The normalized spacial score (nSPS) is 44.6. The van der Waals surface area contributed by atoms with Crippen molar-refractivity contribution in [2.24, 2.45) is 23.2 Å². The number of fused-ring (bicyclic) bond motifs is 5. The van der Waals surface area contributed by atoms with Gasteiger partial charge >= 0.3 is 0 Å². The summed E-state index contributed by atoms with van der Waals surface area (Å²) in [5, 5.41) is 0. The lowest BCUT2D eigenvalue weighted by atomic mass is 9.63. The zero-order valence-electron chi connectivity index (χ0n) is 10.5. The zero-order chi connectivity index (χ0) is 12.5. The average molecular weight is 240 g/mol. The second-order valence-corrected chi connectivity index (χ2v) is 6.30. The molecule has 0 spiro atoms. The lowest BCUT2D eigenvalue weighted by Gasteiger charge is -2.37. The minimum Gasteiger partial charge on any atom is -0.294 e. The Morgan fingerprint density at radius 2 is 1.78 bits per heavy atom. The molecule has 0 aromatic rings. The van der Waals surface area contributed by atoms with Crippen molar-refractivity contribution in [2.75, 3.05) is 0 Å². The summed E-state index contributed by atoms with van der Waals surface area (Å²) in [6, 6.07) is 0. The number of carbonyl (C=O) groups is 2. The summed E-state index contributed by atoms with van der Waals surface area (Å²) in [7, 11) is 0. The van der Waals surface area contributed by atoms with Gasteiger partial charge in [-0.25, -0.2) is 0 Å². The van der Waals surface area contributed by atoms with Crippen LogP contribution in [0.5, 0.6) is 0 Å². The predicted octanol–water partition coefficient (Wildman–Crippen LogP) is 2.61. The van der Waals surface area contributed by atoms with E-state index in [9.17, 15) is 9.59 Å². The smallest absolute Gasteiger partial charge is 0.164 e. The van der Waals surface area contributed by atoms with E-state index in [-0.39, 0.29) is 28.8 Å².